The van der Waals surface area contributed by atoms with E-state index in [0.717, 1.165) is 12.5 Å². The number of carbonyl (C=O) groups excluding carboxylic acids is 1. The number of ether oxygens (including phenoxy) is 1. The standard InChI is InChI=1S/C27H33Cl2F2N3O4/c1-2-26(13-38-14-26)11-21-27(32,18-7-6-15(28)10-20(18)30)22(17-4-3-5-19(29)23(17)31)24(34-21)25(37)33-9-8-16(36)12-35/h3-7,10,16,21-22,24,34-36H,2,8-9,11-14,32H2,1H3,(H,33,37)/t16-,21-,22-,24+,27+/m0/s1. The number of halogens is 4. The van der Waals surface area contributed by atoms with Crippen LogP contribution in [0.3, 0.4) is 0 Å². The number of aliphatic hydroxyl groups excluding tert-OH is 2. The van der Waals surface area contributed by atoms with Gasteiger partial charge in [-0.15, -0.1) is 0 Å². The minimum absolute atomic E-state index is 0.0633. The van der Waals surface area contributed by atoms with Crippen LogP contribution in [0.15, 0.2) is 36.4 Å². The van der Waals surface area contributed by atoms with Crippen molar-refractivity contribution < 1.29 is 28.5 Å². The van der Waals surface area contributed by atoms with Crippen LogP contribution in [0, 0.1) is 17.0 Å². The lowest BCUT2D eigenvalue weighted by Gasteiger charge is -2.46. The average molecular weight is 572 g/mol. The Labute approximate surface area is 230 Å². The predicted molar refractivity (Wildman–Crippen MR) is 141 cm³/mol. The van der Waals surface area contributed by atoms with Crippen molar-refractivity contribution in [2.75, 3.05) is 26.4 Å². The molecule has 2 aliphatic heterocycles. The highest BCUT2D eigenvalue weighted by molar-refractivity contribution is 6.31. The summed E-state index contributed by atoms with van der Waals surface area (Å²) in [5, 5.41) is 24.9. The number of hydrogen-bond donors (Lipinski definition) is 5. The Kier molecular flexibility index (Phi) is 8.98. The van der Waals surface area contributed by atoms with Gasteiger partial charge in [0.2, 0.25) is 5.91 Å². The molecule has 2 aliphatic rings. The molecule has 6 N–H and O–H groups in total. The fraction of sp³-hybridized carbons (Fsp3) is 0.519. The zero-order valence-corrected chi connectivity index (χ0v) is 22.5. The highest BCUT2D eigenvalue weighted by Gasteiger charge is 2.59. The second kappa shape index (κ2) is 11.7. The molecule has 5 atom stereocenters. The van der Waals surface area contributed by atoms with Crippen molar-refractivity contribution in [2.24, 2.45) is 11.1 Å². The fourth-order valence-electron chi connectivity index (χ4n) is 5.64. The molecule has 0 spiro atoms. The van der Waals surface area contributed by atoms with E-state index < -0.39 is 53.8 Å². The summed E-state index contributed by atoms with van der Waals surface area (Å²) in [7, 11) is 0. The van der Waals surface area contributed by atoms with Crippen molar-refractivity contribution in [1.29, 1.82) is 0 Å². The molecular weight excluding hydrogens is 539 g/mol. The summed E-state index contributed by atoms with van der Waals surface area (Å²) >= 11 is 12.2. The number of nitrogens with two attached hydrogens (primary N) is 1. The molecule has 2 aromatic rings. The van der Waals surface area contributed by atoms with Crippen molar-refractivity contribution in [2.45, 2.75) is 55.8 Å². The van der Waals surface area contributed by atoms with Gasteiger partial charge in [0.15, 0.2) is 0 Å². The summed E-state index contributed by atoms with van der Waals surface area (Å²) in [5.41, 5.74) is 5.55. The topological polar surface area (TPSA) is 117 Å². The SMILES string of the molecule is CCC1(C[C@@H]2N[C@@H](C(=O)NCC[C@H](O)CO)[C@H](c3cccc(Cl)c3F)[C@@]2(N)c2ccc(Cl)cc2F)COC1. The Hall–Kier alpha value is -1.85. The van der Waals surface area contributed by atoms with Gasteiger partial charge in [0, 0.05) is 34.5 Å². The first-order valence-electron chi connectivity index (χ1n) is 12.6. The molecule has 2 aromatic carbocycles. The fourth-order valence-corrected chi connectivity index (χ4v) is 5.99. The maximum absolute atomic E-state index is 15.6. The molecule has 1 amide bonds. The molecule has 2 heterocycles. The van der Waals surface area contributed by atoms with Gasteiger partial charge in [-0.3, -0.25) is 4.79 Å². The van der Waals surface area contributed by atoms with Crippen LogP contribution in [0.2, 0.25) is 10.0 Å². The van der Waals surface area contributed by atoms with Crippen molar-refractivity contribution in [3.8, 4) is 0 Å². The smallest absolute Gasteiger partial charge is 0.237 e. The third-order valence-corrected chi connectivity index (χ3v) is 8.52. The van der Waals surface area contributed by atoms with Gasteiger partial charge >= 0.3 is 0 Å². The lowest BCUT2D eigenvalue weighted by molar-refractivity contribution is -0.126. The molecule has 2 fully saturated rings. The summed E-state index contributed by atoms with van der Waals surface area (Å²) in [4.78, 5) is 13.5. The van der Waals surface area contributed by atoms with Crippen molar-refractivity contribution in [1.82, 2.24) is 10.6 Å². The Balaban J connectivity index is 1.83. The first kappa shape index (κ1) is 29.1. The first-order valence-corrected chi connectivity index (χ1v) is 13.4. The number of hydrogen-bond acceptors (Lipinski definition) is 6. The summed E-state index contributed by atoms with van der Waals surface area (Å²) in [5.74, 6) is -2.96. The highest BCUT2D eigenvalue weighted by atomic mass is 35.5. The predicted octanol–water partition coefficient (Wildman–Crippen LogP) is 3.23. The van der Waals surface area contributed by atoms with E-state index in [0.29, 0.717) is 19.6 Å². The lowest BCUT2D eigenvalue weighted by Crippen LogP contribution is -2.56. The van der Waals surface area contributed by atoms with E-state index >= 15 is 8.78 Å². The third kappa shape index (κ3) is 5.43. The minimum atomic E-state index is -1.58. The van der Waals surface area contributed by atoms with E-state index in [4.69, 9.17) is 38.8 Å². The van der Waals surface area contributed by atoms with E-state index in [9.17, 15) is 9.90 Å². The van der Waals surface area contributed by atoms with E-state index in [2.05, 4.69) is 10.6 Å². The normalized spacial score (nSPS) is 27.1. The molecule has 11 heteroatoms. The van der Waals surface area contributed by atoms with Gasteiger partial charge in [-0.2, -0.15) is 0 Å². The van der Waals surface area contributed by atoms with Gasteiger partial charge < -0.3 is 31.3 Å². The van der Waals surface area contributed by atoms with Gasteiger partial charge in [0.1, 0.15) is 11.6 Å². The second-order valence-electron chi connectivity index (χ2n) is 10.3. The Bertz CT molecular complexity index is 1160. The quantitative estimate of drug-likeness (QED) is 0.299. The summed E-state index contributed by atoms with van der Waals surface area (Å²) < 4.78 is 36.7. The van der Waals surface area contributed by atoms with Gasteiger partial charge in [0.05, 0.1) is 42.5 Å². The molecular formula is C27H33Cl2F2N3O4. The number of amides is 1. The largest absolute Gasteiger partial charge is 0.394 e. The molecule has 2 saturated heterocycles. The van der Waals surface area contributed by atoms with Crippen molar-refractivity contribution in [3.63, 3.8) is 0 Å². The van der Waals surface area contributed by atoms with Gasteiger partial charge in [-0.05, 0) is 43.0 Å². The molecule has 7 nitrogen and oxygen atoms in total. The molecule has 38 heavy (non-hydrogen) atoms. The molecule has 0 unspecified atom stereocenters. The zero-order chi connectivity index (χ0) is 27.7. The molecule has 0 aliphatic carbocycles. The summed E-state index contributed by atoms with van der Waals surface area (Å²) in [6, 6.07) is 6.90. The summed E-state index contributed by atoms with van der Waals surface area (Å²) in [6.07, 6.45) is 0.342. The lowest BCUT2D eigenvalue weighted by atomic mass is 9.66. The van der Waals surface area contributed by atoms with Gasteiger partial charge in [0.25, 0.3) is 0 Å². The number of benzene rings is 2. The van der Waals surface area contributed by atoms with E-state index in [1.807, 2.05) is 6.92 Å². The number of aliphatic hydroxyl groups is 2. The van der Waals surface area contributed by atoms with Crippen molar-refractivity contribution in [3.05, 3.63) is 69.2 Å². The van der Waals surface area contributed by atoms with Crippen LogP contribution in [0.25, 0.3) is 0 Å². The number of rotatable bonds is 10. The van der Waals surface area contributed by atoms with Crippen LogP contribution in [-0.4, -0.2) is 60.7 Å². The Morgan fingerprint density at radius 2 is 2.03 bits per heavy atom. The Morgan fingerprint density at radius 3 is 2.63 bits per heavy atom. The van der Waals surface area contributed by atoms with Crippen LogP contribution < -0.4 is 16.4 Å². The third-order valence-electron chi connectivity index (χ3n) is 7.99. The van der Waals surface area contributed by atoms with Crippen LogP contribution in [0.4, 0.5) is 8.78 Å². The second-order valence-corrected chi connectivity index (χ2v) is 11.2. The average Bonchev–Trinajstić information content (AvgIpc) is 3.15. The maximum atomic E-state index is 15.6. The molecule has 208 valence electrons. The van der Waals surface area contributed by atoms with Gasteiger partial charge in [-0.25, -0.2) is 8.78 Å². The number of carbonyl (C=O) groups is 1. The van der Waals surface area contributed by atoms with Crippen LogP contribution in [-0.2, 0) is 15.1 Å². The van der Waals surface area contributed by atoms with E-state index in [-0.39, 0.29) is 39.6 Å². The van der Waals surface area contributed by atoms with E-state index in [1.165, 1.54) is 24.3 Å². The molecule has 0 radical (unpaired) electrons. The molecule has 0 aromatic heterocycles. The van der Waals surface area contributed by atoms with Crippen molar-refractivity contribution >= 4 is 29.1 Å². The first-order chi connectivity index (χ1) is 18.1. The maximum Gasteiger partial charge on any atom is 0.237 e. The molecule has 0 bridgehead atoms. The van der Waals surface area contributed by atoms with Crippen LogP contribution >= 0.6 is 23.2 Å². The number of nitrogens with one attached hydrogen (secondary N) is 2. The van der Waals surface area contributed by atoms with Gasteiger partial charge in [-0.1, -0.05) is 48.3 Å². The highest BCUT2D eigenvalue weighted by Crippen LogP contribution is 2.51. The van der Waals surface area contributed by atoms with E-state index in [1.54, 1.807) is 6.07 Å². The zero-order valence-electron chi connectivity index (χ0n) is 21.0. The molecule has 0 saturated carbocycles. The minimum Gasteiger partial charge on any atom is -0.394 e. The monoisotopic (exact) mass is 571 g/mol. The van der Waals surface area contributed by atoms with Crippen LogP contribution in [0.1, 0.15) is 43.2 Å². The Morgan fingerprint density at radius 1 is 1.29 bits per heavy atom. The molecule has 4 rings (SSSR count). The van der Waals surface area contributed by atoms with Crippen LogP contribution in [0.5, 0.6) is 0 Å². The summed E-state index contributed by atoms with van der Waals surface area (Å²) in [6.45, 7) is 2.63.